The molecule has 3 N–H and O–H groups in total. The molecule has 1 atom stereocenters. The summed E-state index contributed by atoms with van der Waals surface area (Å²) < 4.78 is 7.91. The van der Waals surface area contributed by atoms with Gasteiger partial charge in [-0.05, 0) is 48.6 Å². The second-order valence-corrected chi connectivity index (χ2v) is 16.0. The van der Waals surface area contributed by atoms with Crippen LogP contribution in [0.2, 0.25) is 0 Å². The van der Waals surface area contributed by atoms with Gasteiger partial charge in [-0.1, -0.05) is 53.7 Å². The van der Waals surface area contributed by atoms with E-state index >= 15 is 0 Å². The summed E-state index contributed by atoms with van der Waals surface area (Å²) in [6.45, 7) is 7.27. The smallest absolute Gasteiger partial charge is 0.261 e. The summed E-state index contributed by atoms with van der Waals surface area (Å²) in [5.41, 5.74) is 7.45. The highest BCUT2D eigenvalue weighted by Gasteiger charge is 2.37. The van der Waals surface area contributed by atoms with Gasteiger partial charge in [0.1, 0.15) is 5.69 Å². The van der Waals surface area contributed by atoms with E-state index in [2.05, 4.69) is 58.8 Å². The van der Waals surface area contributed by atoms with Gasteiger partial charge in [0.05, 0.1) is 41.2 Å². The number of piperazine rings is 1. The maximum atomic E-state index is 13.5. The van der Waals surface area contributed by atoms with Crippen molar-refractivity contribution in [3.63, 3.8) is 0 Å². The van der Waals surface area contributed by atoms with Gasteiger partial charge in [-0.25, -0.2) is 9.97 Å². The lowest BCUT2D eigenvalue weighted by Crippen LogP contribution is -2.50. The minimum Gasteiger partial charge on any atom is -0.380 e. The number of ether oxygens (including phenoxy) is 1. The number of nitrogens with zero attached hydrogens (tertiary/aromatic N) is 8. The van der Waals surface area contributed by atoms with Crippen LogP contribution in [-0.4, -0.2) is 115 Å². The quantitative estimate of drug-likeness (QED) is 0.114. The van der Waals surface area contributed by atoms with Crippen LogP contribution < -0.4 is 15.5 Å². The minimum absolute atomic E-state index is 0.195. The summed E-state index contributed by atoms with van der Waals surface area (Å²) in [4.78, 5) is 70.6. The second-order valence-electron chi connectivity index (χ2n) is 16.0. The van der Waals surface area contributed by atoms with Gasteiger partial charge in [0, 0.05) is 99.0 Å². The molecule has 310 valence electrons. The zero-order valence-electron chi connectivity index (χ0n) is 33.6. The van der Waals surface area contributed by atoms with Crippen LogP contribution in [-0.2, 0) is 43.5 Å². The molecule has 0 radical (unpaired) electrons. The zero-order chi connectivity index (χ0) is 41.5. The molecule has 4 aliphatic rings. The van der Waals surface area contributed by atoms with Crippen LogP contribution in [0.1, 0.15) is 48.1 Å². The molecule has 16 heteroatoms. The maximum Gasteiger partial charge on any atom is 0.261 e. The number of carbonyl (C=O) groups is 4. The van der Waals surface area contributed by atoms with Crippen molar-refractivity contribution in [3.05, 3.63) is 102 Å². The van der Waals surface area contributed by atoms with Crippen molar-refractivity contribution >= 4 is 62.5 Å². The molecule has 3 aromatic carbocycles. The summed E-state index contributed by atoms with van der Waals surface area (Å²) in [5.74, 6) is -0.768. The zero-order valence-corrected chi connectivity index (χ0v) is 33.6. The molecule has 10 rings (SSSR count). The second kappa shape index (κ2) is 16.4. The molecule has 0 saturated carbocycles. The van der Waals surface area contributed by atoms with Crippen LogP contribution in [0.25, 0.3) is 44.2 Å². The Labute approximate surface area is 350 Å². The van der Waals surface area contributed by atoms with Gasteiger partial charge in [-0.2, -0.15) is 0 Å². The standard InChI is InChI=1S/C45H45N11O5/c57-38-14-13-37(42(58)48-38)55-25-29-12-11-28(23-30(29)26-55)36-27-56(52-51-36)15-5-6-21-61-22-20-53-16-18-54(19-17-53)45-47-35-10-4-2-8-32(35)41(49-45)40-39(43(59)50-44(40)60)33-24-46-34-9-3-1-7-31(33)34/h1-4,7-12,23-24,27,37,46H,5-6,13-22,25-26H2,(H,48,57,58)(H,50,59,60). The number of hydrogen-bond donors (Lipinski definition) is 3. The molecule has 3 aromatic heterocycles. The molecule has 61 heavy (non-hydrogen) atoms. The predicted molar refractivity (Wildman–Crippen MR) is 227 cm³/mol. The molecule has 4 aliphatic heterocycles. The number of para-hydroxylation sites is 2. The normalized spacial score (nSPS) is 18.8. The number of rotatable bonds is 13. The van der Waals surface area contributed by atoms with E-state index in [-0.39, 0.29) is 23.4 Å². The van der Waals surface area contributed by atoms with E-state index in [4.69, 9.17) is 14.7 Å². The lowest BCUT2D eigenvalue weighted by molar-refractivity contribution is -0.137. The van der Waals surface area contributed by atoms with Crippen LogP contribution in [0.3, 0.4) is 0 Å². The molecule has 0 aliphatic carbocycles. The Morgan fingerprint density at radius 3 is 2.44 bits per heavy atom. The number of imide groups is 2. The van der Waals surface area contributed by atoms with Crippen molar-refractivity contribution < 1.29 is 23.9 Å². The van der Waals surface area contributed by atoms with Gasteiger partial charge < -0.3 is 14.6 Å². The van der Waals surface area contributed by atoms with Gasteiger partial charge in [0.2, 0.25) is 17.8 Å². The van der Waals surface area contributed by atoms with E-state index in [0.717, 1.165) is 61.2 Å². The van der Waals surface area contributed by atoms with Crippen LogP contribution in [0.5, 0.6) is 0 Å². The van der Waals surface area contributed by atoms with Crippen molar-refractivity contribution in [2.24, 2.45) is 0 Å². The van der Waals surface area contributed by atoms with E-state index in [1.165, 1.54) is 11.1 Å². The van der Waals surface area contributed by atoms with Gasteiger partial charge in [0.15, 0.2) is 0 Å². The Bertz CT molecular complexity index is 2730. The molecule has 16 nitrogen and oxygen atoms in total. The number of piperidine rings is 1. The van der Waals surface area contributed by atoms with Crippen LogP contribution in [0, 0.1) is 0 Å². The predicted octanol–water partition coefficient (Wildman–Crippen LogP) is 3.68. The number of unbranched alkanes of at least 4 members (excludes halogenated alkanes) is 1. The molecule has 7 heterocycles. The third kappa shape index (κ3) is 7.69. The fraction of sp³-hybridized carbons (Fsp3) is 0.333. The highest BCUT2D eigenvalue weighted by Crippen LogP contribution is 2.37. The first-order chi connectivity index (χ1) is 29.9. The molecule has 4 amide bonds. The van der Waals surface area contributed by atoms with Crippen molar-refractivity contribution in [1.29, 1.82) is 0 Å². The molecule has 0 spiro atoms. The number of carbonyl (C=O) groups excluding carboxylic acids is 4. The molecule has 6 aromatic rings. The Hall–Kier alpha value is -6.62. The molecule has 2 saturated heterocycles. The average molecular weight is 820 g/mol. The van der Waals surface area contributed by atoms with Crippen molar-refractivity contribution in [3.8, 4) is 11.3 Å². The summed E-state index contributed by atoms with van der Waals surface area (Å²) in [5, 5.41) is 15.4. The monoisotopic (exact) mass is 819 g/mol. The van der Waals surface area contributed by atoms with E-state index in [0.29, 0.717) is 85.9 Å². The number of benzene rings is 3. The summed E-state index contributed by atoms with van der Waals surface area (Å²) in [6, 6.07) is 21.4. The number of anilines is 1. The number of amides is 4. The Kier molecular flexibility index (Phi) is 10.4. The summed E-state index contributed by atoms with van der Waals surface area (Å²) >= 11 is 0. The van der Waals surface area contributed by atoms with Gasteiger partial charge >= 0.3 is 0 Å². The first kappa shape index (κ1) is 38.6. The van der Waals surface area contributed by atoms with Crippen LogP contribution in [0.15, 0.2) is 79.1 Å². The number of H-pyrrole nitrogens is 1. The molecular formula is C45H45N11O5. The molecule has 2 fully saturated rings. The maximum absolute atomic E-state index is 13.5. The van der Waals surface area contributed by atoms with E-state index in [1.54, 1.807) is 6.20 Å². The van der Waals surface area contributed by atoms with E-state index < -0.39 is 11.8 Å². The van der Waals surface area contributed by atoms with Gasteiger partial charge in [-0.15, -0.1) is 5.10 Å². The number of hydrogen-bond acceptors (Lipinski definition) is 12. The molecular weight excluding hydrogens is 775 g/mol. The van der Waals surface area contributed by atoms with Crippen molar-refractivity contribution in [2.75, 3.05) is 50.8 Å². The van der Waals surface area contributed by atoms with Crippen LogP contribution in [0.4, 0.5) is 5.95 Å². The number of nitrogens with one attached hydrogen (secondary N) is 3. The topological polar surface area (TPSA) is 184 Å². The Morgan fingerprint density at radius 2 is 1.57 bits per heavy atom. The highest BCUT2D eigenvalue weighted by atomic mass is 16.5. The van der Waals surface area contributed by atoms with Gasteiger partial charge in [0.25, 0.3) is 11.8 Å². The average Bonchev–Trinajstić information content (AvgIpc) is 4.08. The summed E-state index contributed by atoms with van der Waals surface area (Å²) in [6.07, 6.45) is 6.50. The SMILES string of the molecule is O=C1CCC(N2Cc3ccc(-c4cn(CCCCOCCN5CCN(c6nc(C7=C(c8c[nH]c9ccccc89)C(=O)NC7=O)c7ccccc7n6)CC5)nn4)cc3C2)C(=O)N1. The fourth-order valence-electron chi connectivity index (χ4n) is 8.93. The largest absolute Gasteiger partial charge is 0.380 e. The first-order valence-electron chi connectivity index (χ1n) is 20.9. The lowest BCUT2D eigenvalue weighted by Gasteiger charge is -2.34. The highest BCUT2D eigenvalue weighted by molar-refractivity contribution is 6.50. The van der Waals surface area contributed by atoms with Crippen molar-refractivity contribution in [1.82, 2.24) is 50.4 Å². The molecule has 1 unspecified atom stereocenters. The lowest BCUT2D eigenvalue weighted by atomic mass is 9.97. The fourth-order valence-corrected chi connectivity index (χ4v) is 8.93. The van der Waals surface area contributed by atoms with Gasteiger partial charge in [-0.3, -0.25) is 44.3 Å². The number of aromatic amines is 1. The number of aromatic nitrogens is 6. The first-order valence-corrected chi connectivity index (χ1v) is 20.9. The minimum atomic E-state index is -0.466. The Morgan fingerprint density at radius 1 is 0.770 bits per heavy atom. The summed E-state index contributed by atoms with van der Waals surface area (Å²) in [7, 11) is 0. The molecule has 0 bridgehead atoms. The van der Waals surface area contributed by atoms with Crippen LogP contribution >= 0.6 is 0 Å². The Balaban J connectivity index is 0.698. The number of aryl methyl sites for hydroxylation is 1. The van der Waals surface area contributed by atoms with E-state index in [1.807, 2.05) is 59.4 Å². The third-order valence-corrected chi connectivity index (χ3v) is 12.2. The van der Waals surface area contributed by atoms with Crippen molar-refractivity contribution in [2.45, 2.75) is 51.4 Å². The third-order valence-electron chi connectivity index (χ3n) is 12.2. The van der Waals surface area contributed by atoms with E-state index in [9.17, 15) is 19.2 Å². The number of fused-ring (bicyclic) bond motifs is 3.